The van der Waals surface area contributed by atoms with Crippen LogP contribution in [0.1, 0.15) is 20.7 Å². The van der Waals surface area contributed by atoms with Gasteiger partial charge in [0.15, 0.2) is 6.61 Å². The van der Waals surface area contributed by atoms with Gasteiger partial charge >= 0.3 is 6.18 Å². The Balaban J connectivity index is 2.07. The van der Waals surface area contributed by atoms with Crippen molar-refractivity contribution in [2.75, 3.05) is 18.6 Å². The highest BCUT2D eigenvalue weighted by Gasteiger charge is 2.30. The Kier molecular flexibility index (Phi) is 7.38. The van der Waals surface area contributed by atoms with Crippen molar-refractivity contribution in [3.8, 4) is 16.9 Å². The Morgan fingerprint density at radius 1 is 1.03 bits per heavy atom. The lowest BCUT2D eigenvalue weighted by atomic mass is 10.0. The number of alkyl halides is 3. The van der Waals surface area contributed by atoms with E-state index in [-0.39, 0.29) is 27.0 Å². The average molecular weight is 515 g/mol. The van der Waals surface area contributed by atoms with E-state index in [9.17, 15) is 27.2 Å². The minimum Gasteiger partial charge on any atom is -0.482 e. The van der Waals surface area contributed by atoms with E-state index < -0.39 is 36.0 Å². The van der Waals surface area contributed by atoms with Crippen molar-refractivity contribution in [2.24, 2.45) is 5.73 Å². The van der Waals surface area contributed by atoms with Crippen molar-refractivity contribution in [3.05, 3.63) is 81.6 Å². The molecule has 0 saturated carbocycles. The summed E-state index contributed by atoms with van der Waals surface area (Å²) < 4.78 is 57.8. The number of nitrogens with two attached hydrogens (primary N) is 1. The molecule has 3 aromatic rings. The quantitative estimate of drug-likeness (QED) is 0.403. The first-order valence-electron chi connectivity index (χ1n) is 9.54. The number of rotatable bonds is 6. The summed E-state index contributed by atoms with van der Waals surface area (Å²) in [4.78, 5) is 25.2. The van der Waals surface area contributed by atoms with Crippen LogP contribution in [0, 0.1) is 5.82 Å². The van der Waals surface area contributed by atoms with Crippen molar-refractivity contribution < 1.29 is 31.9 Å². The average Bonchev–Trinajstić information content (AvgIpc) is 2.76. The standard InChI is InChI=1S/C23H16Cl2F4N2O3/c1-31(22(33)20-15(24)3-2-4-17(20)26)18-8-6-12(10-19(18)34-11-23(27,28)29)14-7-5-13(21(30)32)9-16(14)25/h2-10H,11H2,1H3,(H2,30,32). The predicted octanol–water partition coefficient (Wildman–Crippen LogP) is 6.12. The van der Waals surface area contributed by atoms with E-state index in [2.05, 4.69) is 0 Å². The molecule has 3 aromatic carbocycles. The molecule has 0 atom stereocenters. The zero-order valence-electron chi connectivity index (χ0n) is 17.4. The summed E-state index contributed by atoms with van der Waals surface area (Å²) in [5.41, 5.74) is 5.58. The molecule has 0 heterocycles. The van der Waals surface area contributed by atoms with E-state index in [1.807, 2.05) is 0 Å². The fraction of sp³-hybridized carbons (Fsp3) is 0.130. The third kappa shape index (κ3) is 5.60. The molecule has 3 rings (SSSR count). The SMILES string of the molecule is CN(C(=O)c1c(F)cccc1Cl)c1ccc(-c2ccc(C(N)=O)cc2Cl)cc1OCC(F)(F)F. The highest BCUT2D eigenvalue weighted by molar-refractivity contribution is 6.34. The fourth-order valence-corrected chi connectivity index (χ4v) is 3.65. The van der Waals surface area contributed by atoms with Gasteiger partial charge in [0.1, 0.15) is 11.6 Å². The van der Waals surface area contributed by atoms with Gasteiger partial charge in [-0.25, -0.2) is 4.39 Å². The minimum absolute atomic E-state index is 0.0674. The van der Waals surface area contributed by atoms with Gasteiger partial charge in [0.25, 0.3) is 5.91 Å². The molecule has 34 heavy (non-hydrogen) atoms. The zero-order chi connectivity index (χ0) is 25.2. The molecular formula is C23H16Cl2F4N2O3. The van der Waals surface area contributed by atoms with Crippen molar-refractivity contribution in [1.29, 1.82) is 0 Å². The molecule has 0 aliphatic rings. The first-order chi connectivity index (χ1) is 15.9. The van der Waals surface area contributed by atoms with E-state index >= 15 is 0 Å². The number of hydrogen-bond donors (Lipinski definition) is 1. The Morgan fingerprint density at radius 3 is 2.32 bits per heavy atom. The van der Waals surface area contributed by atoms with Gasteiger partial charge < -0.3 is 15.4 Å². The molecule has 5 nitrogen and oxygen atoms in total. The van der Waals surface area contributed by atoms with Gasteiger partial charge in [-0.05, 0) is 42.0 Å². The summed E-state index contributed by atoms with van der Waals surface area (Å²) >= 11 is 12.2. The Labute approximate surface area is 201 Å². The molecule has 11 heteroatoms. The molecule has 2 amide bonds. The molecule has 178 valence electrons. The maximum Gasteiger partial charge on any atom is 0.422 e. The summed E-state index contributed by atoms with van der Waals surface area (Å²) in [6.07, 6.45) is -4.66. The van der Waals surface area contributed by atoms with Gasteiger partial charge in [-0.2, -0.15) is 13.2 Å². The summed E-state index contributed by atoms with van der Waals surface area (Å²) in [5, 5.41) is -0.0408. The molecule has 0 unspecified atom stereocenters. The van der Waals surface area contributed by atoms with Crippen LogP contribution in [0.4, 0.5) is 23.2 Å². The number of hydrogen-bond acceptors (Lipinski definition) is 3. The lowest BCUT2D eigenvalue weighted by Crippen LogP contribution is -2.28. The second-order valence-electron chi connectivity index (χ2n) is 7.11. The Bertz CT molecular complexity index is 1250. The highest BCUT2D eigenvalue weighted by atomic mass is 35.5. The van der Waals surface area contributed by atoms with Gasteiger partial charge in [0.2, 0.25) is 5.91 Å². The van der Waals surface area contributed by atoms with E-state index in [1.54, 1.807) is 0 Å². The monoisotopic (exact) mass is 514 g/mol. The molecule has 0 spiro atoms. The zero-order valence-corrected chi connectivity index (χ0v) is 18.9. The number of anilines is 1. The van der Waals surface area contributed by atoms with Gasteiger partial charge in [0, 0.05) is 23.2 Å². The molecular weight excluding hydrogens is 499 g/mol. The second-order valence-corrected chi connectivity index (χ2v) is 7.92. The lowest BCUT2D eigenvalue weighted by Gasteiger charge is -2.23. The Hall–Kier alpha value is -3.30. The first-order valence-corrected chi connectivity index (χ1v) is 10.3. The molecule has 0 fully saturated rings. The number of halogens is 6. The van der Waals surface area contributed by atoms with Crippen molar-refractivity contribution in [2.45, 2.75) is 6.18 Å². The predicted molar refractivity (Wildman–Crippen MR) is 121 cm³/mol. The van der Waals surface area contributed by atoms with E-state index in [1.165, 1.54) is 55.6 Å². The van der Waals surface area contributed by atoms with Crippen LogP contribution in [0.15, 0.2) is 54.6 Å². The maximum atomic E-state index is 14.2. The molecule has 0 saturated heterocycles. The van der Waals surface area contributed by atoms with Crippen LogP contribution in [0.3, 0.4) is 0 Å². The fourth-order valence-electron chi connectivity index (χ4n) is 3.12. The Morgan fingerprint density at radius 2 is 1.74 bits per heavy atom. The maximum absolute atomic E-state index is 14.2. The van der Waals surface area contributed by atoms with Crippen LogP contribution in [0.25, 0.3) is 11.1 Å². The molecule has 0 bridgehead atoms. The van der Waals surface area contributed by atoms with Crippen LogP contribution in [0.5, 0.6) is 5.75 Å². The van der Waals surface area contributed by atoms with Crippen LogP contribution in [-0.2, 0) is 0 Å². The van der Waals surface area contributed by atoms with Gasteiger partial charge in [0.05, 0.1) is 16.3 Å². The third-order valence-electron chi connectivity index (χ3n) is 4.76. The molecule has 0 aliphatic carbocycles. The second kappa shape index (κ2) is 9.90. The number of carbonyl (C=O) groups is 2. The van der Waals surface area contributed by atoms with Crippen LogP contribution < -0.4 is 15.4 Å². The van der Waals surface area contributed by atoms with Gasteiger partial charge in [-0.1, -0.05) is 41.4 Å². The summed E-state index contributed by atoms with van der Waals surface area (Å²) in [6, 6.07) is 11.9. The first kappa shape index (κ1) is 25.3. The number of nitrogens with zero attached hydrogens (tertiary/aromatic N) is 1. The molecule has 0 aromatic heterocycles. The normalized spacial score (nSPS) is 11.3. The molecule has 2 N–H and O–H groups in total. The third-order valence-corrected chi connectivity index (χ3v) is 5.39. The van der Waals surface area contributed by atoms with Gasteiger partial charge in [-0.15, -0.1) is 0 Å². The molecule has 0 radical (unpaired) electrons. The smallest absolute Gasteiger partial charge is 0.422 e. The number of amides is 2. The van der Waals surface area contributed by atoms with Gasteiger partial charge in [-0.3, -0.25) is 9.59 Å². The highest BCUT2D eigenvalue weighted by Crippen LogP contribution is 2.37. The largest absolute Gasteiger partial charge is 0.482 e. The van der Waals surface area contributed by atoms with Crippen LogP contribution in [-0.4, -0.2) is 31.6 Å². The van der Waals surface area contributed by atoms with Crippen LogP contribution in [0.2, 0.25) is 10.0 Å². The number of carbonyl (C=O) groups excluding carboxylic acids is 2. The summed E-state index contributed by atoms with van der Waals surface area (Å²) in [6.45, 7) is -1.64. The summed E-state index contributed by atoms with van der Waals surface area (Å²) in [5.74, 6) is -2.80. The number of benzene rings is 3. The number of ether oxygens (including phenoxy) is 1. The van der Waals surface area contributed by atoms with E-state index in [0.29, 0.717) is 11.1 Å². The van der Waals surface area contributed by atoms with Crippen molar-refractivity contribution in [3.63, 3.8) is 0 Å². The number of primary amides is 1. The lowest BCUT2D eigenvalue weighted by molar-refractivity contribution is -0.153. The summed E-state index contributed by atoms with van der Waals surface area (Å²) in [7, 11) is 1.25. The van der Waals surface area contributed by atoms with Crippen LogP contribution >= 0.6 is 23.2 Å². The van der Waals surface area contributed by atoms with Crippen molar-refractivity contribution in [1.82, 2.24) is 0 Å². The van der Waals surface area contributed by atoms with E-state index in [0.717, 1.165) is 11.0 Å². The minimum atomic E-state index is -4.66. The van der Waals surface area contributed by atoms with E-state index in [4.69, 9.17) is 33.7 Å². The molecule has 0 aliphatic heterocycles. The van der Waals surface area contributed by atoms with Crippen molar-refractivity contribution >= 4 is 40.7 Å². The topological polar surface area (TPSA) is 72.6 Å².